The van der Waals surface area contributed by atoms with Crippen LogP contribution in [0.5, 0.6) is 0 Å². The maximum Gasteiger partial charge on any atom is 0.329 e. The zero-order chi connectivity index (χ0) is 14.9. The minimum Gasteiger partial charge on any atom is -0.479 e. The summed E-state index contributed by atoms with van der Waals surface area (Å²) in [7, 11) is 0. The summed E-state index contributed by atoms with van der Waals surface area (Å²) in [6.45, 7) is 4.13. The summed E-state index contributed by atoms with van der Waals surface area (Å²) < 4.78 is 0. The predicted octanol–water partition coefficient (Wildman–Crippen LogP) is 2.74. The number of benzene rings is 1. The van der Waals surface area contributed by atoms with E-state index in [1.54, 1.807) is 19.1 Å². The van der Waals surface area contributed by atoms with Gasteiger partial charge in [0, 0.05) is 18.3 Å². The monoisotopic (exact) mass is 278 g/mol. The first-order chi connectivity index (χ1) is 9.44. The highest BCUT2D eigenvalue weighted by Gasteiger charge is 2.47. The topological polar surface area (TPSA) is 83.7 Å². The number of hydrogen-bond donors (Lipinski definition) is 1. The molecule has 0 aromatic heterocycles. The molecule has 1 aliphatic heterocycles. The SMILES string of the molecule is CCC1(C(=O)O)CCCN1c1cccc([N+](=O)[O-])c1C. The van der Waals surface area contributed by atoms with Gasteiger partial charge in [-0.3, -0.25) is 10.1 Å². The third-order valence-corrected chi connectivity index (χ3v) is 4.24. The fourth-order valence-corrected chi connectivity index (χ4v) is 3.07. The number of nitro groups is 1. The van der Waals surface area contributed by atoms with E-state index in [2.05, 4.69) is 0 Å². The number of nitrogens with zero attached hydrogens (tertiary/aromatic N) is 2. The average molecular weight is 278 g/mol. The Kier molecular flexibility index (Phi) is 3.65. The molecule has 0 aliphatic carbocycles. The van der Waals surface area contributed by atoms with Crippen LogP contribution in [-0.4, -0.2) is 28.1 Å². The molecule has 0 bridgehead atoms. The highest BCUT2D eigenvalue weighted by atomic mass is 16.6. The van der Waals surface area contributed by atoms with E-state index in [0.717, 1.165) is 6.42 Å². The smallest absolute Gasteiger partial charge is 0.329 e. The molecule has 1 aromatic carbocycles. The lowest BCUT2D eigenvalue weighted by molar-refractivity contribution is -0.385. The van der Waals surface area contributed by atoms with Gasteiger partial charge in [0.1, 0.15) is 5.54 Å². The van der Waals surface area contributed by atoms with E-state index in [1.807, 2.05) is 11.8 Å². The zero-order valence-electron chi connectivity index (χ0n) is 11.6. The number of carboxylic acid groups (broad SMARTS) is 1. The van der Waals surface area contributed by atoms with Crippen molar-refractivity contribution >= 4 is 17.3 Å². The molecule has 1 heterocycles. The summed E-state index contributed by atoms with van der Waals surface area (Å²) in [5.41, 5.74) is 0.268. The Morgan fingerprint density at radius 1 is 1.55 bits per heavy atom. The molecule has 2 rings (SSSR count). The molecule has 1 fully saturated rings. The second-order valence-corrected chi connectivity index (χ2v) is 5.12. The lowest BCUT2D eigenvalue weighted by atomic mass is 9.92. The number of nitro benzene ring substituents is 1. The second-order valence-electron chi connectivity index (χ2n) is 5.12. The van der Waals surface area contributed by atoms with Gasteiger partial charge in [-0.1, -0.05) is 13.0 Å². The van der Waals surface area contributed by atoms with Crippen molar-refractivity contribution in [3.8, 4) is 0 Å². The largest absolute Gasteiger partial charge is 0.479 e. The van der Waals surface area contributed by atoms with Crippen LogP contribution < -0.4 is 4.90 Å². The minimum atomic E-state index is -0.944. The van der Waals surface area contributed by atoms with Crippen LogP contribution in [0.3, 0.4) is 0 Å². The molecule has 1 aromatic rings. The third kappa shape index (κ3) is 2.01. The van der Waals surface area contributed by atoms with Crippen molar-refractivity contribution in [2.45, 2.75) is 38.6 Å². The predicted molar refractivity (Wildman–Crippen MR) is 75.1 cm³/mol. The first-order valence-electron chi connectivity index (χ1n) is 6.69. The molecule has 1 saturated heterocycles. The quantitative estimate of drug-likeness (QED) is 0.676. The Bertz CT molecular complexity index is 558. The molecule has 0 amide bonds. The van der Waals surface area contributed by atoms with Crippen LogP contribution in [0.15, 0.2) is 18.2 Å². The summed E-state index contributed by atoms with van der Waals surface area (Å²) in [5.74, 6) is -0.858. The minimum absolute atomic E-state index is 0.0322. The molecule has 1 unspecified atom stereocenters. The van der Waals surface area contributed by atoms with Gasteiger partial charge in [-0.25, -0.2) is 4.79 Å². The van der Waals surface area contributed by atoms with Crippen molar-refractivity contribution in [1.82, 2.24) is 0 Å². The molecule has 6 nitrogen and oxygen atoms in total. The molecule has 6 heteroatoms. The Hall–Kier alpha value is -2.11. The zero-order valence-corrected chi connectivity index (χ0v) is 11.6. The van der Waals surface area contributed by atoms with Crippen LogP contribution in [-0.2, 0) is 4.79 Å². The highest BCUT2D eigenvalue weighted by molar-refractivity contribution is 5.85. The van der Waals surface area contributed by atoms with E-state index in [4.69, 9.17) is 0 Å². The fourth-order valence-electron chi connectivity index (χ4n) is 3.07. The molecule has 108 valence electrons. The summed E-state index contributed by atoms with van der Waals surface area (Å²) in [6.07, 6.45) is 1.83. The van der Waals surface area contributed by atoms with Crippen molar-refractivity contribution in [1.29, 1.82) is 0 Å². The van der Waals surface area contributed by atoms with E-state index < -0.39 is 16.4 Å². The van der Waals surface area contributed by atoms with Crippen molar-refractivity contribution in [3.63, 3.8) is 0 Å². The van der Waals surface area contributed by atoms with Crippen LogP contribution in [0, 0.1) is 17.0 Å². The van der Waals surface area contributed by atoms with Crippen molar-refractivity contribution in [2.24, 2.45) is 0 Å². The fraction of sp³-hybridized carbons (Fsp3) is 0.500. The Labute approximate surface area is 117 Å². The lowest BCUT2D eigenvalue weighted by Crippen LogP contribution is -2.50. The van der Waals surface area contributed by atoms with Gasteiger partial charge in [0.15, 0.2) is 0 Å². The normalized spacial score (nSPS) is 22.0. The molecule has 0 spiro atoms. The van der Waals surface area contributed by atoms with Crippen molar-refractivity contribution < 1.29 is 14.8 Å². The standard InChI is InChI=1S/C14H18N2O4/c1-3-14(13(17)18)8-5-9-15(14)11-6-4-7-12(10(11)2)16(19)20/h4,6-7H,3,5,8-9H2,1-2H3,(H,17,18). The molecule has 20 heavy (non-hydrogen) atoms. The number of carbonyl (C=O) groups is 1. The van der Waals surface area contributed by atoms with E-state index in [1.165, 1.54) is 6.07 Å². The van der Waals surface area contributed by atoms with Gasteiger partial charge in [0.05, 0.1) is 10.5 Å². The van der Waals surface area contributed by atoms with Gasteiger partial charge in [0.2, 0.25) is 0 Å². The van der Waals surface area contributed by atoms with E-state index in [0.29, 0.717) is 30.6 Å². The summed E-state index contributed by atoms with van der Waals surface area (Å²) >= 11 is 0. The molecule has 0 radical (unpaired) electrons. The average Bonchev–Trinajstić information content (AvgIpc) is 2.83. The molecule has 0 saturated carbocycles. The van der Waals surface area contributed by atoms with Gasteiger partial charge in [-0.15, -0.1) is 0 Å². The number of hydrogen-bond acceptors (Lipinski definition) is 4. The van der Waals surface area contributed by atoms with Gasteiger partial charge in [-0.2, -0.15) is 0 Å². The molecular weight excluding hydrogens is 260 g/mol. The second kappa shape index (κ2) is 5.11. The number of carboxylic acids is 1. The van der Waals surface area contributed by atoms with Crippen LogP contribution in [0.2, 0.25) is 0 Å². The maximum absolute atomic E-state index is 11.7. The van der Waals surface area contributed by atoms with Crippen LogP contribution in [0.1, 0.15) is 31.7 Å². The number of aliphatic carboxylic acids is 1. The van der Waals surface area contributed by atoms with Crippen LogP contribution >= 0.6 is 0 Å². The van der Waals surface area contributed by atoms with E-state index >= 15 is 0 Å². The first-order valence-corrected chi connectivity index (χ1v) is 6.69. The Morgan fingerprint density at radius 2 is 2.25 bits per heavy atom. The Balaban J connectivity index is 2.53. The molecular formula is C14H18N2O4. The Morgan fingerprint density at radius 3 is 2.80 bits per heavy atom. The molecule has 1 aliphatic rings. The van der Waals surface area contributed by atoms with Crippen LogP contribution in [0.4, 0.5) is 11.4 Å². The van der Waals surface area contributed by atoms with Gasteiger partial charge < -0.3 is 10.0 Å². The van der Waals surface area contributed by atoms with Gasteiger partial charge >= 0.3 is 5.97 Å². The third-order valence-electron chi connectivity index (χ3n) is 4.24. The van der Waals surface area contributed by atoms with Crippen molar-refractivity contribution in [2.75, 3.05) is 11.4 Å². The summed E-state index contributed by atoms with van der Waals surface area (Å²) in [6, 6.07) is 4.82. The van der Waals surface area contributed by atoms with Gasteiger partial charge in [0.25, 0.3) is 5.69 Å². The van der Waals surface area contributed by atoms with Crippen LogP contribution in [0.25, 0.3) is 0 Å². The maximum atomic E-state index is 11.7. The molecule has 1 atom stereocenters. The van der Waals surface area contributed by atoms with E-state index in [9.17, 15) is 20.0 Å². The molecule has 1 N–H and O–H groups in total. The number of anilines is 1. The summed E-state index contributed by atoms with van der Waals surface area (Å²) in [5, 5.41) is 20.6. The summed E-state index contributed by atoms with van der Waals surface area (Å²) in [4.78, 5) is 24.1. The lowest BCUT2D eigenvalue weighted by Gasteiger charge is -2.36. The van der Waals surface area contributed by atoms with Gasteiger partial charge in [-0.05, 0) is 32.3 Å². The van der Waals surface area contributed by atoms with Crippen molar-refractivity contribution in [3.05, 3.63) is 33.9 Å². The van der Waals surface area contributed by atoms with E-state index in [-0.39, 0.29) is 5.69 Å². The first kappa shape index (κ1) is 14.3. The number of rotatable bonds is 4. The highest BCUT2D eigenvalue weighted by Crippen LogP contribution is 2.40.